The number of hydrogen-bond acceptors (Lipinski definition) is 2. The third-order valence-electron chi connectivity index (χ3n) is 3.45. The maximum absolute atomic E-state index is 12.5. The van der Waals surface area contributed by atoms with Crippen LogP contribution in [0.3, 0.4) is 0 Å². The summed E-state index contributed by atoms with van der Waals surface area (Å²) in [5, 5.41) is 0. The van der Waals surface area contributed by atoms with Gasteiger partial charge in [0.25, 0.3) is 0 Å². The number of rotatable bonds is 3. The molecule has 0 spiro atoms. The van der Waals surface area contributed by atoms with E-state index in [9.17, 15) is 13.2 Å². The van der Waals surface area contributed by atoms with E-state index in [4.69, 9.17) is 4.74 Å². The lowest BCUT2D eigenvalue weighted by molar-refractivity contribution is -0.184. The lowest BCUT2D eigenvalue weighted by Gasteiger charge is -2.29. The van der Waals surface area contributed by atoms with Gasteiger partial charge < -0.3 is 4.74 Å². The monoisotopic (exact) mass is 259 g/mol. The molecule has 2 rings (SSSR count). The average Bonchev–Trinajstić information content (AvgIpc) is 2.37. The molecule has 100 valence electrons. The lowest BCUT2D eigenvalue weighted by atomic mass is 9.82. The quantitative estimate of drug-likeness (QED) is 0.823. The zero-order valence-electron chi connectivity index (χ0n) is 9.99. The molecular weight excluding hydrogens is 243 g/mol. The van der Waals surface area contributed by atoms with Crippen molar-refractivity contribution in [2.45, 2.75) is 31.9 Å². The van der Waals surface area contributed by atoms with Gasteiger partial charge in [0.1, 0.15) is 5.75 Å². The van der Waals surface area contributed by atoms with Crippen LogP contribution in [0.5, 0.6) is 5.75 Å². The molecule has 1 aromatic heterocycles. The summed E-state index contributed by atoms with van der Waals surface area (Å²) < 4.78 is 43.0. The van der Waals surface area contributed by atoms with Gasteiger partial charge in [0.2, 0.25) is 0 Å². The van der Waals surface area contributed by atoms with E-state index in [1.54, 1.807) is 24.5 Å². The molecule has 0 N–H and O–H groups in total. The van der Waals surface area contributed by atoms with Gasteiger partial charge in [-0.1, -0.05) is 0 Å². The molecule has 1 aliphatic rings. The molecule has 0 atom stereocenters. The highest BCUT2D eigenvalue weighted by Gasteiger charge is 2.41. The fourth-order valence-corrected chi connectivity index (χ4v) is 2.30. The van der Waals surface area contributed by atoms with E-state index in [1.165, 1.54) is 0 Å². The number of alkyl halides is 3. The summed E-state index contributed by atoms with van der Waals surface area (Å²) in [6, 6.07) is 3.50. The Hall–Kier alpha value is -1.26. The van der Waals surface area contributed by atoms with Crippen LogP contribution >= 0.6 is 0 Å². The second-order valence-electron chi connectivity index (χ2n) is 4.75. The zero-order valence-corrected chi connectivity index (χ0v) is 9.99. The highest BCUT2D eigenvalue weighted by Crippen LogP contribution is 2.39. The Kier molecular flexibility index (Phi) is 4.09. The van der Waals surface area contributed by atoms with Crippen molar-refractivity contribution in [3.8, 4) is 5.75 Å². The molecule has 18 heavy (non-hydrogen) atoms. The topological polar surface area (TPSA) is 22.1 Å². The summed E-state index contributed by atoms with van der Waals surface area (Å²) in [6.45, 7) is 0.495. The normalized spacial score (nSPS) is 24.8. The van der Waals surface area contributed by atoms with Crippen LogP contribution in [-0.4, -0.2) is 17.8 Å². The third kappa shape index (κ3) is 3.62. The molecule has 2 nitrogen and oxygen atoms in total. The molecule has 0 unspecified atom stereocenters. The minimum absolute atomic E-state index is 0.230. The van der Waals surface area contributed by atoms with E-state index >= 15 is 0 Å². The highest BCUT2D eigenvalue weighted by molar-refractivity contribution is 5.16. The van der Waals surface area contributed by atoms with Gasteiger partial charge in [-0.3, -0.25) is 4.98 Å². The van der Waals surface area contributed by atoms with Crippen molar-refractivity contribution < 1.29 is 17.9 Å². The first-order chi connectivity index (χ1) is 8.55. The number of halogens is 3. The van der Waals surface area contributed by atoms with Crippen molar-refractivity contribution >= 4 is 0 Å². The van der Waals surface area contributed by atoms with Gasteiger partial charge >= 0.3 is 6.18 Å². The Morgan fingerprint density at radius 1 is 1.11 bits per heavy atom. The fraction of sp³-hybridized carbons (Fsp3) is 0.615. The molecule has 0 aliphatic heterocycles. The number of nitrogens with zero attached hydrogens (tertiary/aromatic N) is 1. The van der Waals surface area contributed by atoms with Crippen LogP contribution in [0.15, 0.2) is 24.5 Å². The van der Waals surface area contributed by atoms with Crippen LogP contribution in [0.1, 0.15) is 25.7 Å². The molecule has 1 saturated carbocycles. The second-order valence-corrected chi connectivity index (χ2v) is 4.75. The van der Waals surface area contributed by atoms with Crippen LogP contribution in [0.2, 0.25) is 0 Å². The summed E-state index contributed by atoms with van der Waals surface area (Å²) in [6.07, 6.45) is 0.884. The molecular formula is C13H16F3NO. The minimum atomic E-state index is -4.03. The van der Waals surface area contributed by atoms with Crippen molar-refractivity contribution in [2.24, 2.45) is 11.8 Å². The van der Waals surface area contributed by atoms with Gasteiger partial charge in [-0.25, -0.2) is 0 Å². The first-order valence-corrected chi connectivity index (χ1v) is 6.15. The number of aromatic nitrogens is 1. The third-order valence-corrected chi connectivity index (χ3v) is 3.45. The predicted octanol–water partition coefficient (Wildman–Crippen LogP) is 3.83. The molecule has 0 amide bonds. The van der Waals surface area contributed by atoms with Gasteiger partial charge in [-0.05, 0) is 43.7 Å². The fourth-order valence-electron chi connectivity index (χ4n) is 2.30. The zero-order chi connectivity index (χ0) is 13.0. The average molecular weight is 259 g/mol. The highest BCUT2D eigenvalue weighted by atomic mass is 19.4. The summed E-state index contributed by atoms with van der Waals surface area (Å²) in [5.41, 5.74) is 0. The Morgan fingerprint density at radius 3 is 2.28 bits per heavy atom. The number of hydrogen-bond donors (Lipinski definition) is 0. The predicted molar refractivity (Wildman–Crippen MR) is 61.2 cm³/mol. The van der Waals surface area contributed by atoms with Crippen LogP contribution < -0.4 is 4.74 Å². The van der Waals surface area contributed by atoms with Gasteiger partial charge in [-0.2, -0.15) is 13.2 Å². The lowest BCUT2D eigenvalue weighted by Crippen LogP contribution is -2.29. The number of pyridine rings is 1. The van der Waals surface area contributed by atoms with Crippen molar-refractivity contribution in [1.29, 1.82) is 0 Å². The van der Waals surface area contributed by atoms with Crippen LogP contribution in [0.25, 0.3) is 0 Å². The summed E-state index contributed by atoms with van der Waals surface area (Å²) >= 11 is 0. The molecule has 1 aromatic rings. The van der Waals surface area contributed by atoms with Gasteiger partial charge in [-0.15, -0.1) is 0 Å². The number of ether oxygens (including phenoxy) is 1. The molecule has 1 fully saturated rings. The summed E-state index contributed by atoms with van der Waals surface area (Å²) in [7, 11) is 0. The molecule has 1 aliphatic carbocycles. The van der Waals surface area contributed by atoms with Crippen molar-refractivity contribution in [2.75, 3.05) is 6.61 Å². The van der Waals surface area contributed by atoms with E-state index in [2.05, 4.69) is 4.98 Å². The van der Waals surface area contributed by atoms with E-state index in [-0.39, 0.29) is 18.8 Å². The van der Waals surface area contributed by atoms with E-state index < -0.39 is 12.1 Å². The van der Waals surface area contributed by atoms with E-state index in [1.807, 2.05) is 0 Å². The van der Waals surface area contributed by atoms with Crippen LogP contribution in [0, 0.1) is 11.8 Å². The van der Waals surface area contributed by atoms with Gasteiger partial charge in [0, 0.05) is 12.4 Å². The standard InChI is InChI=1S/C13H16F3NO/c14-13(15,16)11-3-1-10(2-4-11)9-18-12-5-7-17-8-6-12/h5-8,10-11H,1-4,9H2. The summed E-state index contributed by atoms with van der Waals surface area (Å²) in [5.74, 6) is -0.158. The Labute approximate surface area is 104 Å². The van der Waals surface area contributed by atoms with Crippen molar-refractivity contribution in [3.63, 3.8) is 0 Å². The maximum Gasteiger partial charge on any atom is 0.391 e. The van der Waals surface area contributed by atoms with Crippen molar-refractivity contribution in [1.82, 2.24) is 4.98 Å². The van der Waals surface area contributed by atoms with E-state index in [0.717, 1.165) is 5.75 Å². The second kappa shape index (κ2) is 5.59. The largest absolute Gasteiger partial charge is 0.493 e. The van der Waals surface area contributed by atoms with Gasteiger partial charge in [0.15, 0.2) is 0 Å². The molecule has 0 aromatic carbocycles. The maximum atomic E-state index is 12.5. The molecule has 0 bridgehead atoms. The Morgan fingerprint density at radius 2 is 1.72 bits per heavy atom. The first kappa shape index (κ1) is 13.2. The van der Waals surface area contributed by atoms with E-state index in [0.29, 0.717) is 19.4 Å². The van der Waals surface area contributed by atoms with Crippen LogP contribution in [-0.2, 0) is 0 Å². The first-order valence-electron chi connectivity index (χ1n) is 6.15. The SMILES string of the molecule is FC(F)(F)C1CCC(COc2ccncc2)CC1. The Bertz CT molecular complexity index is 358. The minimum Gasteiger partial charge on any atom is -0.493 e. The Balaban J connectivity index is 1.74. The molecule has 0 radical (unpaired) electrons. The van der Waals surface area contributed by atoms with Crippen LogP contribution in [0.4, 0.5) is 13.2 Å². The smallest absolute Gasteiger partial charge is 0.391 e. The molecule has 1 heterocycles. The molecule has 0 saturated heterocycles. The van der Waals surface area contributed by atoms with Crippen molar-refractivity contribution in [3.05, 3.63) is 24.5 Å². The van der Waals surface area contributed by atoms with Gasteiger partial charge in [0.05, 0.1) is 12.5 Å². The summed E-state index contributed by atoms with van der Waals surface area (Å²) in [4.78, 5) is 3.87. The molecule has 5 heteroatoms.